The molecule has 0 aliphatic carbocycles. The number of benzene rings is 1. The molecule has 118 valence electrons. The average Bonchev–Trinajstić information content (AvgIpc) is 2.68. The molecular formula is C16H20FN3O2. The highest BCUT2D eigenvalue weighted by atomic mass is 19.1. The Morgan fingerprint density at radius 2 is 2.09 bits per heavy atom. The average molecular weight is 305 g/mol. The van der Waals surface area contributed by atoms with Gasteiger partial charge >= 0.3 is 0 Å². The van der Waals surface area contributed by atoms with Gasteiger partial charge in [0.25, 0.3) is 0 Å². The van der Waals surface area contributed by atoms with Gasteiger partial charge in [0.2, 0.25) is 11.8 Å². The molecule has 0 saturated carbocycles. The van der Waals surface area contributed by atoms with Gasteiger partial charge in [-0.2, -0.15) is 0 Å². The summed E-state index contributed by atoms with van der Waals surface area (Å²) in [7, 11) is 0. The molecule has 1 aromatic carbocycles. The van der Waals surface area contributed by atoms with Crippen LogP contribution in [0.2, 0.25) is 0 Å². The van der Waals surface area contributed by atoms with Crippen LogP contribution in [0.5, 0.6) is 0 Å². The molecule has 2 aliphatic heterocycles. The number of rotatable bonds is 3. The normalized spacial score (nSPS) is 20.8. The van der Waals surface area contributed by atoms with E-state index in [1.165, 1.54) is 6.07 Å². The summed E-state index contributed by atoms with van der Waals surface area (Å²) in [6, 6.07) is 6.56. The van der Waals surface area contributed by atoms with E-state index in [4.69, 9.17) is 0 Å². The highest BCUT2D eigenvalue weighted by molar-refractivity contribution is 5.89. The van der Waals surface area contributed by atoms with Gasteiger partial charge in [-0.25, -0.2) is 4.39 Å². The van der Waals surface area contributed by atoms with Crippen molar-refractivity contribution in [3.63, 3.8) is 0 Å². The minimum atomic E-state index is -0.632. The summed E-state index contributed by atoms with van der Waals surface area (Å²) in [4.78, 5) is 26.2. The number of nitrogens with one attached hydrogen (secondary N) is 2. The number of hydrogen-bond donors (Lipinski definition) is 2. The van der Waals surface area contributed by atoms with Crippen LogP contribution in [0.3, 0.4) is 0 Å². The maximum absolute atomic E-state index is 13.9. The van der Waals surface area contributed by atoms with Gasteiger partial charge in [-0.05, 0) is 24.5 Å². The second kappa shape index (κ2) is 6.04. The van der Waals surface area contributed by atoms with Gasteiger partial charge in [-0.1, -0.05) is 18.2 Å². The van der Waals surface area contributed by atoms with Crippen molar-refractivity contribution in [1.82, 2.24) is 15.5 Å². The Morgan fingerprint density at radius 1 is 1.32 bits per heavy atom. The fourth-order valence-corrected chi connectivity index (χ4v) is 3.10. The number of carbonyl (C=O) groups is 2. The lowest BCUT2D eigenvalue weighted by Gasteiger charge is -2.44. The molecule has 2 saturated heterocycles. The first-order valence-corrected chi connectivity index (χ1v) is 7.61. The predicted molar refractivity (Wildman–Crippen MR) is 79.6 cm³/mol. The Balaban J connectivity index is 1.78. The van der Waals surface area contributed by atoms with Gasteiger partial charge in [-0.3, -0.25) is 9.59 Å². The summed E-state index contributed by atoms with van der Waals surface area (Å²) in [5, 5.41) is 5.89. The first-order chi connectivity index (χ1) is 10.6. The van der Waals surface area contributed by atoms with Crippen LogP contribution in [0.1, 0.15) is 12.0 Å². The highest BCUT2D eigenvalue weighted by Gasteiger charge is 2.47. The Hall–Kier alpha value is -1.95. The van der Waals surface area contributed by atoms with E-state index in [0.717, 1.165) is 6.42 Å². The first-order valence-electron chi connectivity index (χ1n) is 7.61. The van der Waals surface area contributed by atoms with E-state index in [2.05, 4.69) is 10.6 Å². The van der Waals surface area contributed by atoms with E-state index in [1.807, 2.05) is 0 Å². The fourth-order valence-electron chi connectivity index (χ4n) is 3.10. The Labute approximate surface area is 128 Å². The van der Waals surface area contributed by atoms with E-state index >= 15 is 0 Å². The zero-order chi connectivity index (χ0) is 15.6. The lowest BCUT2D eigenvalue weighted by Crippen LogP contribution is -2.63. The minimum absolute atomic E-state index is 0.0495. The molecule has 2 fully saturated rings. The molecule has 2 aliphatic rings. The van der Waals surface area contributed by atoms with Gasteiger partial charge in [0, 0.05) is 26.2 Å². The van der Waals surface area contributed by atoms with Crippen molar-refractivity contribution in [2.45, 2.75) is 12.8 Å². The molecule has 2 N–H and O–H groups in total. The molecule has 0 bridgehead atoms. The Bertz CT molecular complexity index is 587. The van der Waals surface area contributed by atoms with Crippen LogP contribution in [-0.2, 0) is 16.0 Å². The van der Waals surface area contributed by atoms with E-state index in [1.54, 1.807) is 23.1 Å². The van der Waals surface area contributed by atoms with Gasteiger partial charge < -0.3 is 15.5 Å². The molecule has 2 heterocycles. The Kier molecular flexibility index (Phi) is 4.11. The van der Waals surface area contributed by atoms with E-state index in [9.17, 15) is 14.0 Å². The third-order valence-electron chi connectivity index (χ3n) is 4.42. The molecule has 0 unspecified atom stereocenters. The monoisotopic (exact) mass is 305 g/mol. The van der Waals surface area contributed by atoms with Gasteiger partial charge in [-0.15, -0.1) is 0 Å². The summed E-state index contributed by atoms with van der Waals surface area (Å²) < 4.78 is 13.9. The quantitative estimate of drug-likeness (QED) is 0.845. The molecule has 5 nitrogen and oxygen atoms in total. The second-order valence-electron chi connectivity index (χ2n) is 6.08. The van der Waals surface area contributed by atoms with Crippen molar-refractivity contribution in [2.24, 2.45) is 5.41 Å². The number of hydrogen-bond acceptors (Lipinski definition) is 3. The van der Waals surface area contributed by atoms with Crippen LogP contribution < -0.4 is 10.6 Å². The number of carbonyl (C=O) groups excluding carboxylic acids is 2. The zero-order valence-corrected chi connectivity index (χ0v) is 12.4. The highest BCUT2D eigenvalue weighted by Crippen LogP contribution is 2.31. The van der Waals surface area contributed by atoms with Crippen LogP contribution in [0.25, 0.3) is 0 Å². The number of halogens is 1. The largest absolute Gasteiger partial charge is 0.354 e. The molecular weight excluding hydrogens is 285 g/mol. The summed E-state index contributed by atoms with van der Waals surface area (Å²) in [6.07, 6.45) is 1.12. The van der Waals surface area contributed by atoms with E-state index < -0.39 is 5.41 Å². The van der Waals surface area contributed by atoms with Gasteiger partial charge in [0.1, 0.15) is 5.82 Å². The molecule has 3 rings (SSSR count). The van der Waals surface area contributed by atoms with Crippen molar-refractivity contribution in [1.29, 1.82) is 0 Å². The molecule has 0 spiro atoms. The Morgan fingerprint density at radius 3 is 2.77 bits per heavy atom. The second-order valence-corrected chi connectivity index (χ2v) is 6.08. The number of nitrogens with zero attached hydrogens (tertiary/aromatic N) is 1. The lowest BCUT2D eigenvalue weighted by molar-refractivity contribution is -0.147. The minimum Gasteiger partial charge on any atom is -0.354 e. The van der Waals surface area contributed by atoms with Crippen molar-refractivity contribution < 1.29 is 14.0 Å². The number of amides is 2. The van der Waals surface area contributed by atoms with Crippen LogP contribution in [-0.4, -0.2) is 49.4 Å². The first kappa shape index (κ1) is 15.0. The molecule has 6 heteroatoms. The summed E-state index contributed by atoms with van der Waals surface area (Å²) in [5.41, 5.74) is -0.0797. The predicted octanol–water partition coefficient (Wildman–Crippen LogP) is 0.306. The van der Waals surface area contributed by atoms with Crippen molar-refractivity contribution >= 4 is 11.8 Å². The van der Waals surface area contributed by atoms with Crippen LogP contribution in [0.4, 0.5) is 4.39 Å². The maximum atomic E-state index is 13.9. The molecule has 0 aromatic heterocycles. The van der Waals surface area contributed by atoms with Crippen molar-refractivity contribution in [2.75, 3.05) is 32.7 Å². The SMILES string of the molecule is O=C1CN(C(=O)C2(Cc3ccccc3F)CNC2)CCCN1. The van der Waals surface area contributed by atoms with E-state index in [-0.39, 0.29) is 24.2 Å². The smallest absolute Gasteiger partial charge is 0.239 e. The van der Waals surface area contributed by atoms with Crippen molar-refractivity contribution in [3.8, 4) is 0 Å². The van der Waals surface area contributed by atoms with Crippen molar-refractivity contribution in [3.05, 3.63) is 35.6 Å². The molecule has 0 radical (unpaired) electrons. The standard InChI is InChI=1S/C16H20FN3O2/c17-13-5-2-1-4-12(13)8-16(10-18-11-16)15(22)20-7-3-6-19-14(21)9-20/h1-2,4-5,18H,3,6-11H2,(H,19,21). The maximum Gasteiger partial charge on any atom is 0.239 e. The van der Waals surface area contributed by atoms with Crippen LogP contribution in [0, 0.1) is 11.2 Å². The fraction of sp³-hybridized carbons (Fsp3) is 0.500. The van der Waals surface area contributed by atoms with Gasteiger partial charge in [0.05, 0.1) is 12.0 Å². The van der Waals surface area contributed by atoms with E-state index in [0.29, 0.717) is 38.2 Å². The third kappa shape index (κ3) is 2.83. The summed E-state index contributed by atoms with van der Waals surface area (Å²) in [5.74, 6) is -0.457. The van der Waals surface area contributed by atoms with Crippen LogP contribution >= 0.6 is 0 Å². The van der Waals surface area contributed by atoms with Gasteiger partial charge in [0.15, 0.2) is 0 Å². The summed E-state index contributed by atoms with van der Waals surface area (Å²) >= 11 is 0. The lowest BCUT2D eigenvalue weighted by atomic mass is 9.75. The topological polar surface area (TPSA) is 61.4 Å². The van der Waals surface area contributed by atoms with Crippen LogP contribution in [0.15, 0.2) is 24.3 Å². The third-order valence-corrected chi connectivity index (χ3v) is 4.42. The molecule has 1 aromatic rings. The molecule has 2 amide bonds. The summed E-state index contributed by atoms with van der Waals surface area (Å²) in [6.45, 7) is 2.31. The zero-order valence-electron chi connectivity index (χ0n) is 12.4. The molecule has 0 atom stereocenters. The molecule has 22 heavy (non-hydrogen) atoms.